The molecule has 0 radical (unpaired) electrons. The Morgan fingerprint density at radius 2 is 1.91 bits per heavy atom. The van der Waals surface area contributed by atoms with Crippen LogP contribution in [-0.2, 0) is 4.74 Å². The van der Waals surface area contributed by atoms with Gasteiger partial charge in [0.25, 0.3) is 0 Å². The lowest BCUT2D eigenvalue weighted by molar-refractivity contribution is -0.109. The molecule has 128 valence electrons. The van der Waals surface area contributed by atoms with Gasteiger partial charge in [-0.2, -0.15) is 0 Å². The minimum absolute atomic E-state index is 0.190. The number of aliphatic imine (C=N–C) groups is 1. The standard InChI is InChI=1S/C18H29N3O2/c1-7-15(8-19-14(2)3)9-20-10-18(11-20)12-21(13-18)16(22)23-17(4,5)6/h7-8H,2,9-13H2,1,3-6H3/b15-7+,19-8-. The molecule has 2 heterocycles. The summed E-state index contributed by atoms with van der Waals surface area (Å²) in [5.74, 6) is 0. The van der Waals surface area contributed by atoms with Gasteiger partial charge in [0.2, 0.25) is 0 Å². The van der Waals surface area contributed by atoms with Gasteiger partial charge < -0.3 is 9.64 Å². The first-order valence-electron chi connectivity index (χ1n) is 8.17. The highest BCUT2D eigenvalue weighted by molar-refractivity contribution is 5.79. The molecule has 0 unspecified atom stereocenters. The molecule has 0 atom stereocenters. The third kappa shape index (κ3) is 4.67. The minimum Gasteiger partial charge on any atom is -0.444 e. The molecule has 2 rings (SSSR count). The zero-order valence-corrected chi connectivity index (χ0v) is 15.1. The number of amides is 1. The van der Waals surface area contributed by atoms with Crippen molar-refractivity contribution in [2.75, 3.05) is 32.7 Å². The van der Waals surface area contributed by atoms with Gasteiger partial charge in [-0.3, -0.25) is 9.89 Å². The van der Waals surface area contributed by atoms with E-state index in [0.29, 0.717) is 0 Å². The number of likely N-dealkylation sites (tertiary alicyclic amines) is 2. The molecule has 1 amide bonds. The molecular formula is C18H29N3O2. The van der Waals surface area contributed by atoms with E-state index in [9.17, 15) is 4.79 Å². The van der Waals surface area contributed by atoms with Gasteiger partial charge in [0, 0.05) is 50.1 Å². The first kappa shape index (κ1) is 17.7. The van der Waals surface area contributed by atoms with Crippen LogP contribution in [0.5, 0.6) is 0 Å². The van der Waals surface area contributed by atoms with Crippen LogP contribution in [0.1, 0.15) is 34.6 Å². The zero-order chi connectivity index (χ0) is 17.3. The first-order chi connectivity index (χ1) is 10.6. The van der Waals surface area contributed by atoms with Crippen LogP contribution in [0, 0.1) is 5.41 Å². The SMILES string of the molecule is C=C(C)/N=C\C(=C/C)CN1CC2(C1)CN(C(=O)OC(C)(C)C)C2. The summed E-state index contributed by atoms with van der Waals surface area (Å²) in [6, 6.07) is 0. The van der Waals surface area contributed by atoms with Crippen LogP contribution in [0.4, 0.5) is 4.79 Å². The average Bonchev–Trinajstić information content (AvgIpc) is 2.31. The average molecular weight is 319 g/mol. The molecule has 0 aromatic carbocycles. The van der Waals surface area contributed by atoms with E-state index in [1.807, 2.05) is 45.7 Å². The molecule has 23 heavy (non-hydrogen) atoms. The Balaban J connectivity index is 1.74. The maximum absolute atomic E-state index is 12.0. The predicted octanol–water partition coefficient (Wildman–Crippen LogP) is 3.09. The summed E-state index contributed by atoms with van der Waals surface area (Å²) in [6.45, 7) is 18.0. The van der Waals surface area contributed by atoms with E-state index in [2.05, 4.69) is 22.5 Å². The van der Waals surface area contributed by atoms with E-state index in [4.69, 9.17) is 4.74 Å². The first-order valence-corrected chi connectivity index (χ1v) is 8.17. The summed E-state index contributed by atoms with van der Waals surface area (Å²) in [6.07, 6.45) is 3.79. The van der Waals surface area contributed by atoms with E-state index >= 15 is 0 Å². The normalized spacial score (nSPS) is 21.3. The number of hydrogen-bond acceptors (Lipinski definition) is 4. The number of allylic oxidation sites excluding steroid dienone is 2. The fourth-order valence-electron chi connectivity index (χ4n) is 3.09. The second-order valence-electron chi connectivity index (χ2n) is 7.84. The minimum atomic E-state index is -0.422. The van der Waals surface area contributed by atoms with E-state index in [-0.39, 0.29) is 11.5 Å². The van der Waals surface area contributed by atoms with Crippen LogP contribution in [0.3, 0.4) is 0 Å². The van der Waals surface area contributed by atoms with Gasteiger partial charge in [-0.1, -0.05) is 12.7 Å². The lowest BCUT2D eigenvalue weighted by atomic mass is 9.73. The summed E-state index contributed by atoms with van der Waals surface area (Å²) in [5.41, 5.74) is 1.87. The molecule has 2 aliphatic heterocycles. The maximum atomic E-state index is 12.0. The Kier molecular flexibility index (Phi) is 4.99. The molecular weight excluding hydrogens is 290 g/mol. The zero-order valence-electron chi connectivity index (χ0n) is 15.1. The topological polar surface area (TPSA) is 45.1 Å². The summed E-state index contributed by atoms with van der Waals surface area (Å²) in [5, 5.41) is 0. The van der Waals surface area contributed by atoms with Crippen molar-refractivity contribution in [2.24, 2.45) is 10.4 Å². The Labute approximate surface area is 139 Å². The highest BCUT2D eigenvalue weighted by Crippen LogP contribution is 2.40. The smallest absolute Gasteiger partial charge is 0.410 e. The number of hydrogen-bond donors (Lipinski definition) is 0. The van der Waals surface area contributed by atoms with E-state index in [1.165, 1.54) is 5.57 Å². The highest BCUT2D eigenvalue weighted by atomic mass is 16.6. The van der Waals surface area contributed by atoms with Crippen LogP contribution in [0.15, 0.2) is 28.9 Å². The van der Waals surface area contributed by atoms with E-state index < -0.39 is 5.60 Å². The quantitative estimate of drug-likeness (QED) is 0.748. The summed E-state index contributed by atoms with van der Waals surface area (Å²) < 4.78 is 5.41. The van der Waals surface area contributed by atoms with Gasteiger partial charge in [-0.15, -0.1) is 0 Å². The van der Waals surface area contributed by atoms with Gasteiger partial charge in [0.15, 0.2) is 0 Å². The maximum Gasteiger partial charge on any atom is 0.410 e. The van der Waals surface area contributed by atoms with Crippen LogP contribution < -0.4 is 0 Å². The number of carbonyl (C=O) groups is 1. The van der Waals surface area contributed by atoms with Crippen molar-refractivity contribution in [1.29, 1.82) is 0 Å². The molecule has 0 N–H and O–H groups in total. The highest BCUT2D eigenvalue weighted by Gasteiger charge is 2.53. The molecule has 0 aliphatic carbocycles. The molecule has 5 nitrogen and oxygen atoms in total. The largest absolute Gasteiger partial charge is 0.444 e. The van der Waals surface area contributed by atoms with Gasteiger partial charge in [0.1, 0.15) is 5.60 Å². The fourth-order valence-corrected chi connectivity index (χ4v) is 3.09. The summed E-state index contributed by atoms with van der Waals surface area (Å²) in [4.78, 5) is 20.4. The molecule has 0 bridgehead atoms. The molecule has 5 heteroatoms. The summed E-state index contributed by atoms with van der Waals surface area (Å²) >= 11 is 0. The molecule has 1 spiro atoms. The van der Waals surface area contributed by atoms with Crippen molar-refractivity contribution in [3.63, 3.8) is 0 Å². The number of ether oxygens (including phenoxy) is 1. The second-order valence-corrected chi connectivity index (χ2v) is 7.84. The Hall–Kier alpha value is -1.62. The Bertz CT molecular complexity index is 529. The molecule has 2 aliphatic rings. The molecule has 2 fully saturated rings. The lowest BCUT2D eigenvalue weighted by Gasteiger charge is -2.60. The van der Waals surface area contributed by atoms with E-state index in [1.54, 1.807) is 0 Å². The summed E-state index contributed by atoms with van der Waals surface area (Å²) in [7, 11) is 0. The van der Waals surface area contributed by atoms with Gasteiger partial charge in [0.05, 0.1) is 0 Å². The molecule has 0 aromatic heterocycles. The second kappa shape index (κ2) is 6.48. The molecule has 0 saturated carbocycles. The van der Waals surface area contributed by atoms with Crippen molar-refractivity contribution in [2.45, 2.75) is 40.2 Å². The lowest BCUT2D eigenvalue weighted by Crippen LogP contribution is -2.73. The van der Waals surface area contributed by atoms with Crippen molar-refractivity contribution in [1.82, 2.24) is 9.80 Å². The van der Waals surface area contributed by atoms with Crippen LogP contribution in [0.2, 0.25) is 0 Å². The van der Waals surface area contributed by atoms with Crippen LogP contribution in [-0.4, -0.2) is 60.4 Å². The van der Waals surface area contributed by atoms with Gasteiger partial charge in [-0.25, -0.2) is 4.79 Å². The number of rotatable bonds is 4. The van der Waals surface area contributed by atoms with Crippen molar-refractivity contribution in [3.05, 3.63) is 23.9 Å². The van der Waals surface area contributed by atoms with Crippen molar-refractivity contribution < 1.29 is 9.53 Å². The Morgan fingerprint density at radius 1 is 1.30 bits per heavy atom. The van der Waals surface area contributed by atoms with Crippen LogP contribution in [0.25, 0.3) is 0 Å². The molecule has 0 aromatic rings. The monoisotopic (exact) mass is 319 g/mol. The molecule has 2 saturated heterocycles. The number of carbonyl (C=O) groups excluding carboxylic acids is 1. The van der Waals surface area contributed by atoms with Crippen LogP contribution >= 0.6 is 0 Å². The third-order valence-electron chi connectivity index (χ3n) is 4.05. The predicted molar refractivity (Wildman–Crippen MR) is 93.7 cm³/mol. The third-order valence-corrected chi connectivity index (χ3v) is 4.05. The Morgan fingerprint density at radius 3 is 2.39 bits per heavy atom. The number of nitrogens with zero attached hydrogens (tertiary/aromatic N) is 3. The van der Waals surface area contributed by atoms with E-state index in [0.717, 1.165) is 38.4 Å². The van der Waals surface area contributed by atoms with Gasteiger partial charge >= 0.3 is 6.09 Å². The fraction of sp³-hybridized carbons (Fsp3) is 0.667. The van der Waals surface area contributed by atoms with Crippen molar-refractivity contribution in [3.8, 4) is 0 Å². The van der Waals surface area contributed by atoms with Gasteiger partial charge in [-0.05, 0) is 40.2 Å². The van der Waals surface area contributed by atoms with Crippen molar-refractivity contribution >= 4 is 12.3 Å².